The van der Waals surface area contributed by atoms with E-state index in [9.17, 15) is 20.2 Å². The topological polar surface area (TPSA) is 95.4 Å². The lowest BCUT2D eigenvalue weighted by Gasteiger charge is -2.33. The maximum Gasteiger partial charge on any atom is 0.293 e. The average molecular weight is 389 g/mol. The van der Waals surface area contributed by atoms with Gasteiger partial charge >= 0.3 is 0 Å². The summed E-state index contributed by atoms with van der Waals surface area (Å²) in [5, 5.41) is 21.7. The Labute approximate surface area is 167 Å². The molecular weight excluding hydrogens is 370 g/mol. The lowest BCUT2D eigenvalue weighted by atomic mass is 10.1. The number of rotatable bonds is 3. The first-order chi connectivity index (χ1) is 14.0. The molecule has 2 heterocycles. The summed E-state index contributed by atoms with van der Waals surface area (Å²) in [6.07, 6.45) is 1.48. The van der Waals surface area contributed by atoms with Gasteiger partial charge in [0.2, 0.25) is 0 Å². The van der Waals surface area contributed by atoms with E-state index in [0.29, 0.717) is 35.2 Å². The maximum atomic E-state index is 13.1. The van der Waals surface area contributed by atoms with Crippen molar-refractivity contribution in [3.05, 3.63) is 69.9 Å². The van der Waals surface area contributed by atoms with Crippen molar-refractivity contribution in [1.82, 2.24) is 9.47 Å². The third-order valence-electron chi connectivity index (χ3n) is 5.31. The molecule has 0 unspecified atom stereocenters. The number of likely N-dealkylation sites (N-methyl/N-ethyl adjacent to an activating group) is 1. The van der Waals surface area contributed by atoms with Gasteiger partial charge in [0.1, 0.15) is 11.8 Å². The molecule has 0 amide bonds. The van der Waals surface area contributed by atoms with Gasteiger partial charge in [-0.15, -0.1) is 0 Å². The zero-order valence-corrected chi connectivity index (χ0v) is 15.9. The summed E-state index contributed by atoms with van der Waals surface area (Å²) in [6.45, 7) is 3.03. The maximum absolute atomic E-state index is 13.1. The number of carbonyl (C=O) groups is 1. The molecule has 2 aromatic carbocycles. The molecule has 1 aromatic heterocycles. The first-order valence-corrected chi connectivity index (χ1v) is 9.26. The second-order valence-electron chi connectivity index (χ2n) is 7.10. The second-order valence-corrected chi connectivity index (χ2v) is 7.10. The van der Waals surface area contributed by atoms with Crippen LogP contribution in [0.4, 0.5) is 11.4 Å². The van der Waals surface area contributed by atoms with Crippen LogP contribution < -0.4 is 4.90 Å². The first kappa shape index (κ1) is 18.7. The monoisotopic (exact) mass is 389 g/mol. The van der Waals surface area contributed by atoms with Crippen molar-refractivity contribution in [2.45, 2.75) is 0 Å². The molecule has 8 heteroatoms. The van der Waals surface area contributed by atoms with E-state index in [1.54, 1.807) is 36.4 Å². The summed E-state index contributed by atoms with van der Waals surface area (Å²) in [7, 11) is 2.02. The summed E-state index contributed by atoms with van der Waals surface area (Å²) >= 11 is 0. The molecule has 0 radical (unpaired) electrons. The smallest absolute Gasteiger partial charge is 0.293 e. The van der Waals surface area contributed by atoms with Crippen molar-refractivity contribution >= 4 is 28.2 Å². The highest BCUT2D eigenvalue weighted by molar-refractivity contribution is 6.04. The van der Waals surface area contributed by atoms with Crippen LogP contribution in [0.1, 0.15) is 15.9 Å². The Kier molecular flexibility index (Phi) is 4.74. The number of fused-ring (bicyclic) bond motifs is 1. The van der Waals surface area contributed by atoms with Crippen LogP contribution in [0.25, 0.3) is 10.9 Å². The number of benzene rings is 2. The van der Waals surface area contributed by atoms with Gasteiger partial charge in [-0.2, -0.15) is 5.26 Å². The highest BCUT2D eigenvalue weighted by Gasteiger charge is 2.25. The molecule has 3 aromatic rings. The molecule has 1 fully saturated rings. The van der Waals surface area contributed by atoms with Gasteiger partial charge in [-0.3, -0.25) is 19.5 Å². The number of hydrogen-bond donors (Lipinski definition) is 0. The van der Waals surface area contributed by atoms with Crippen LogP contribution in [0.3, 0.4) is 0 Å². The van der Waals surface area contributed by atoms with Crippen LogP contribution in [0.15, 0.2) is 48.7 Å². The number of anilines is 1. The van der Waals surface area contributed by atoms with E-state index in [2.05, 4.69) is 11.0 Å². The lowest BCUT2D eigenvalue weighted by Crippen LogP contribution is -2.44. The fraction of sp³-hybridized carbons (Fsp3) is 0.238. The fourth-order valence-corrected chi connectivity index (χ4v) is 3.69. The number of nitrogens with zero attached hydrogens (tertiary/aromatic N) is 5. The Balaban J connectivity index is 1.75. The second kappa shape index (κ2) is 7.37. The molecule has 0 saturated carbocycles. The van der Waals surface area contributed by atoms with E-state index in [4.69, 9.17) is 0 Å². The SMILES string of the molecule is CN1CCN(c2ccc(C(=O)n3cc(C#N)c4ccccc43)cc2[N+](=O)[O-])CC1. The van der Waals surface area contributed by atoms with Gasteiger partial charge in [-0.05, 0) is 25.2 Å². The minimum absolute atomic E-state index is 0.0858. The van der Waals surface area contributed by atoms with Gasteiger partial charge in [0.25, 0.3) is 11.6 Å². The highest BCUT2D eigenvalue weighted by atomic mass is 16.6. The minimum atomic E-state index is -0.446. The standard InChI is InChI=1S/C21H19N5O3/c1-23-8-10-24(11-9-23)19-7-6-15(12-20(19)26(28)29)21(27)25-14-16(13-22)17-4-2-3-5-18(17)25/h2-7,12,14H,8-11H2,1H3. The van der Waals surface area contributed by atoms with Gasteiger partial charge in [0.15, 0.2) is 0 Å². The zero-order valence-electron chi connectivity index (χ0n) is 15.9. The zero-order chi connectivity index (χ0) is 20.5. The molecule has 146 valence electrons. The lowest BCUT2D eigenvalue weighted by molar-refractivity contribution is -0.384. The molecule has 0 atom stereocenters. The van der Waals surface area contributed by atoms with Crippen LogP contribution in [0, 0.1) is 21.4 Å². The van der Waals surface area contributed by atoms with E-state index in [1.807, 2.05) is 11.9 Å². The number of hydrogen-bond acceptors (Lipinski definition) is 6. The highest BCUT2D eigenvalue weighted by Crippen LogP contribution is 2.31. The molecule has 1 saturated heterocycles. The third-order valence-corrected chi connectivity index (χ3v) is 5.31. The minimum Gasteiger partial charge on any atom is -0.363 e. The molecule has 0 aliphatic carbocycles. The molecular formula is C21H19N5O3. The third kappa shape index (κ3) is 3.32. The number of nitro groups is 1. The molecule has 8 nitrogen and oxygen atoms in total. The number of nitriles is 1. The quantitative estimate of drug-likeness (QED) is 0.505. The summed E-state index contributed by atoms with van der Waals surface area (Å²) in [6, 6.07) is 13.8. The van der Waals surface area contributed by atoms with Crippen molar-refractivity contribution in [1.29, 1.82) is 5.26 Å². The number of nitro benzene ring substituents is 1. The number of aromatic nitrogens is 1. The van der Waals surface area contributed by atoms with Gasteiger partial charge in [0.05, 0.1) is 16.0 Å². The molecule has 0 N–H and O–H groups in total. The number of piperazine rings is 1. The van der Waals surface area contributed by atoms with Crippen molar-refractivity contribution in [2.75, 3.05) is 38.1 Å². The summed E-state index contributed by atoms with van der Waals surface area (Å²) in [4.78, 5) is 28.5. The largest absolute Gasteiger partial charge is 0.363 e. The fourth-order valence-electron chi connectivity index (χ4n) is 3.69. The summed E-state index contributed by atoms with van der Waals surface area (Å²) in [5.41, 5.74) is 1.63. The van der Waals surface area contributed by atoms with E-state index in [1.165, 1.54) is 16.8 Å². The Hall–Kier alpha value is -3.70. The summed E-state index contributed by atoms with van der Waals surface area (Å²) < 4.78 is 1.38. The number of carbonyl (C=O) groups excluding carboxylic acids is 1. The van der Waals surface area contributed by atoms with Gasteiger partial charge in [0, 0.05) is 49.4 Å². The van der Waals surface area contributed by atoms with Crippen molar-refractivity contribution in [3.8, 4) is 6.07 Å². The Bertz CT molecular complexity index is 1150. The molecule has 1 aliphatic rings. The van der Waals surface area contributed by atoms with Crippen LogP contribution >= 0.6 is 0 Å². The van der Waals surface area contributed by atoms with Crippen molar-refractivity contribution in [3.63, 3.8) is 0 Å². The average Bonchev–Trinajstić information content (AvgIpc) is 3.12. The van der Waals surface area contributed by atoms with Gasteiger partial charge < -0.3 is 9.80 Å². The van der Waals surface area contributed by atoms with Crippen molar-refractivity contribution in [2.24, 2.45) is 0 Å². The van der Waals surface area contributed by atoms with E-state index >= 15 is 0 Å². The molecule has 0 spiro atoms. The number of para-hydroxylation sites is 1. The predicted octanol–water partition coefficient (Wildman–Crippen LogP) is 2.86. The van der Waals surface area contributed by atoms with Gasteiger partial charge in [-0.25, -0.2) is 0 Å². The predicted molar refractivity (Wildman–Crippen MR) is 109 cm³/mol. The normalized spacial score (nSPS) is 14.7. The Morgan fingerprint density at radius 3 is 2.55 bits per heavy atom. The van der Waals surface area contributed by atoms with E-state index < -0.39 is 10.8 Å². The van der Waals surface area contributed by atoms with Crippen LogP contribution in [0.5, 0.6) is 0 Å². The molecule has 4 rings (SSSR count). The van der Waals surface area contributed by atoms with Crippen LogP contribution in [0.2, 0.25) is 0 Å². The molecule has 1 aliphatic heterocycles. The van der Waals surface area contributed by atoms with Crippen LogP contribution in [-0.4, -0.2) is 53.5 Å². The van der Waals surface area contributed by atoms with Crippen LogP contribution in [-0.2, 0) is 0 Å². The Morgan fingerprint density at radius 1 is 1.14 bits per heavy atom. The summed E-state index contributed by atoms with van der Waals surface area (Å²) in [5.74, 6) is -0.407. The van der Waals surface area contributed by atoms with Gasteiger partial charge in [-0.1, -0.05) is 18.2 Å². The molecule has 29 heavy (non-hydrogen) atoms. The first-order valence-electron chi connectivity index (χ1n) is 9.26. The van der Waals surface area contributed by atoms with Crippen molar-refractivity contribution < 1.29 is 9.72 Å². The Morgan fingerprint density at radius 2 is 1.86 bits per heavy atom. The van der Waals surface area contributed by atoms with E-state index in [0.717, 1.165) is 13.1 Å². The molecule has 0 bridgehead atoms. The van der Waals surface area contributed by atoms with E-state index in [-0.39, 0.29) is 11.3 Å².